The first-order valence-corrected chi connectivity index (χ1v) is 7.10. The molecule has 0 saturated carbocycles. The Morgan fingerprint density at radius 3 is 2.74 bits per heavy atom. The van der Waals surface area contributed by atoms with Gasteiger partial charge in [0.05, 0.1) is 23.8 Å². The zero-order valence-corrected chi connectivity index (χ0v) is 11.5. The standard InChI is InChI=1S/C13H17NO4S/c1-2-7-18-11-6-4-3-5-10(11)14-12(15)8-19-9-13(16)17/h3-6H,2,7-9H2,1H3,(H,14,15)(H,16,17). The molecule has 104 valence electrons. The van der Waals surface area contributed by atoms with E-state index in [-0.39, 0.29) is 17.4 Å². The SMILES string of the molecule is CCCOc1ccccc1NC(=O)CSCC(=O)O. The van der Waals surface area contributed by atoms with Crippen LogP contribution in [-0.4, -0.2) is 35.1 Å². The van der Waals surface area contributed by atoms with E-state index in [4.69, 9.17) is 9.84 Å². The maximum Gasteiger partial charge on any atom is 0.313 e. The molecule has 0 heterocycles. The maximum atomic E-state index is 11.6. The van der Waals surface area contributed by atoms with E-state index in [0.29, 0.717) is 18.0 Å². The summed E-state index contributed by atoms with van der Waals surface area (Å²) in [6.45, 7) is 2.59. The molecule has 0 unspecified atom stereocenters. The van der Waals surface area contributed by atoms with Crippen molar-refractivity contribution in [1.82, 2.24) is 0 Å². The summed E-state index contributed by atoms with van der Waals surface area (Å²) in [5.74, 6) is -0.514. The normalized spacial score (nSPS) is 9.95. The number of thioether (sulfide) groups is 1. The third-order valence-electron chi connectivity index (χ3n) is 2.08. The summed E-state index contributed by atoms with van der Waals surface area (Å²) in [5, 5.41) is 11.2. The Labute approximate surface area is 116 Å². The van der Waals surface area contributed by atoms with Crippen LogP contribution in [-0.2, 0) is 9.59 Å². The second-order valence-electron chi connectivity index (χ2n) is 3.78. The van der Waals surface area contributed by atoms with Crippen molar-refractivity contribution in [2.24, 2.45) is 0 Å². The van der Waals surface area contributed by atoms with Crippen LogP contribution in [0.3, 0.4) is 0 Å². The Balaban J connectivity index is 2.51. The van der Waals surface area contributed by atoms with E-state index in [9.17, 15) is 9.59 Å². The summed E-state index contributed by atoms with van der Waals surface area (Å²) in [6.07, 6.45) is 0.886. The highest BCUT2D eigenvalue weighted by atomic mass is 32.2. The summed E-state index contributed by atoms with van der Waals surface area (Å²) in [4.78, 5) is 22.0. The van der Waals surface area contributed by atoms with Crippen molar-refractivity contribution in [3.8, 4) is 5.75 Å². The van der Waals surface area contributed by atoms with Gasteiger partial charge >= 0.3 is 5.97 Å². The molecule has 19 heavy (non-hydrogen) atoms. The Morgan fingerprint density at radius 1 is 1.32 bits per heavy atom. The summed E-state index contributed by atoms with van der Waals surface area (Å²) < 4.78 is 5.51. The minimum absolute atomic E-state index is 0.0819. The van der Waals surface area contributed by atoms with Crippen LogP contribution in [0.2, 0.25) is 0 Å². The summed E-state index contributed by atoms with van der Waals surface area (Å²) >= 11 is 1.06. The molecule has 0 saturated heterocycles. The van der Waals surface area contributed by atoms with Crippen LogP contribution in [0.1, 0.15) is 13.3 Å². The fourth-order valence-electron chi connectivity index (χ4n) is 1.33. The molecule has 0 bridgehead atoms. The summed E-state index contributed by atoms with van der Waals surface area (Å²) in [5.41, 5.74) is 0.608. The maximum absolute atomic E-state index is 11.6. The van der Waals surface area contributed by atoms with E-state index in [0.717, 1.165) is 18.2 Å². The third-order valence-corrected chi connectivity index (χ3v) is 3.00. The fraction of sp³-hybridized carbons (Fsp3) is 0.385. The van der Waals surface area contributed by atoms with Crippen molar-refractivity contribution in [2.75, 3.05) is 23.4 Å². The molecule has 1 rings (SSSR count). The second kappa shape index (κ2) is 8.42. The van der Waals surface area contributed by atoms with Crippen molar-refractivity contribution >= 4 is 29.3 Å². The van der Waals surface area contributed by atoms with E-state index in [1.807, 2.05) is 13.0 Å². The van der Waals surface area contributed by atoms with Gasteiger partial charge < -0.3 is 15.2 Å². The first kappa shape index (κ1) is 15.4. The van der Waals surface area contributed by atoms with Gasteiger partial charge in [0, 0.05) is 0 Å². The van der Waals surface area contributed by atoms with E-state index in [1.54, 1.807) is 18.2 Å². The van der Waals surface area contributed by atoms with Crippen LogP contribution < -0.4 is 10.1 Å². The molecule has 0 aromatic heterocycles. The van der Waals surface area contributed by atoms with Crippen molar-refractivity contribution in [3.63, 3.8) is 0 Å². The van der Waals surface area contributed by atoms with Gasteiger partial charge in [0.15, 0.2) is 0 Å². The van der Waals surface area contributed by atoms with E-state index in [1.165, 1.54) is 0 Å². The van der Waals surface area contributed by atoms with Gasteiger partial charge in [-0.3, -0.25) is 9.59 Å². The van der Waals surface area contributed by atoms with E-state index in [2.05, 4.69) is 5.32 Å². The number of rotatable bonds is 8. The monoisotopic (exact) mass is 283 g/mol. The second-order valence-corrected chi connectivity index (χ2v) is 4.76. The van der Waals surface area contributed by atoms with Gasteiger partial charge in [-0.1, -0.05) is 19.1 Å². The minimum Gasteiger partial charge on any atom is -0.491 e. The predicted molar refractivity (Wildman–Crippen MR) is 75.8 cm³/mol. The number of hydrogen-bond acceptors (Lipinski definition) is 4. The number of nitrogens with one attached hydrogen (secondary N) is 1. The molecule has 0 spiro atoms. The van der Waals surface area contributed by atoms with Gasteiger partial charge in [-0.25, -0.2) is 0 Å². The number of carboxylic acids is 1. The van der Waals surface area contributed by atoms with Gasteiger partial charge in [-0.2, -0.15) is 0 Å². The lowest BCUT2D eigenvalue weighted by molar-refractivity contribution is -0.133. The molecular formula is C13H17NO4S. The van der Waals surface area contributed by atoms with Crippen LogP contribution in [0, 0.1) is 0 Å². The Hall–Kier alpha value is -1.69. The number of carboxylic acid groups (broad SMARTS) is 1. The highest BCUT2D eigenvalue weighted by Gasteiger charge is 2.08. The molecule has 2 N–H and O–H groups in total. The average molecular weight is 283 g/mol. The minimum atomic E-state index is -0.926. The molecule has 0 aliphatic carbocycles. The number of hydrogen-bond donors (Lipinski definition) is 2. The van der Waals surface area contributed by atoms with E-state index < -0.39 is 5.97 Å². The zero-order valence-electron chi connectivity index (χ0n) is 10.7. The number of benzene rings is 1. The number of ether oxygens (including phenoxy) is 1. The largest absolute Gasteiger partial charge is 0.491 e. The molecule has 1 amide bonds. The number of carbonyl (C=O) groups excluding carboxylic acids is 1. The van der Waals surface area contributed by atoms with Gasteiger partial charge in [0.25, 0.3) is 0 Å². The van der Waals surface area contributed by atoms with Crippen LogP contribution in [0.5, 0.6) is 5.75 Å². The number of carbonyl (C=O) groups is 2. The smallest absolute Gasteiger partial charge is 0.313 e. The Bertz CT molecular complexity index is 436. The van der Waals surface area contributed by atoms with Crippen molar-refractivity contribution in [1.29, 1.82) is 0 Å². The van der Waals surface area contributed by atoms with Crippen LogP contribution in [0.25, 0.3) is 0 Å². The van der Waals surface area contributed by atoms with Gasteiger partial charge in [-0.15, -0.1) is 11.8 Å². The number of aliphatic carboxylic acids is 1. The van der Waals surface area contributed by atoms with Crippen LogP contribution in [0.4, 0.5) is 5.69 Å². The van der Waals surface area contributed by atoms with Crippen LogP contribution >= 0.6 is 11.8 Å². The Morgan fingerprint density at radius 2 is 2.05 bits per heavy atom. The van der Waals surface area contributed by atoms with Crippen molar-refractivity contribution < 1.29 is 19.4 Å². The molecule has 0 aliphatic heterocycles. The molecule has 0 fully saturated rings. The zero-order chi connectivity index (χ0) is 14.1. The van der Waals surface area contributed by atoms with Crippen molar-refractivity contribution in [2.45, 2.75) is 13.3 Å². The number of anilines is 1. The fourth-order valence-corrected chi connectivity index (χ4v) is 1.86. The van der Waals surface area contributed by atoms with Gasteiger partial charge in [-0.05, 0) is 18.6 Å². The molecule has 5 nitrogen and oxygen atoms in total. The quantitative estimate of drug-likeness (QED) is 0.765. The van der Waals surface area contributed by atoms with E-state index >= 15 is 0 Å². The summed E-state index contributed by atoms with van der Waals surface area (Å²) in [6, 6.07) is 7.18. The number of para-hydroxylation sites is 2. The molecule has 0 aliphatic rings. The predicted octanol–water partition coefficient (Wildman–Crippen LogP) is 2.23. The Kier molecular flexibility index (Phi) is 6.81. The van der Waals surface area contributed by atoms with Crippen LogP contribution in [0.15, 0.2) is 24.3 Å². The molecule has 6 heteroatoms. The topological polar surface area (TPSA) is 75.6 Å². The third kappa shape index (κ3) is 6.15. The lowest BCUT2D eigenvalue weighted by Crippen LogP contribution is -2.16. The molecule has 0 radical (unpaired) electrons. The molecule has 0 atom stereocenters. The van der Waals surface area contributed by atoms with Gasteiger partial charge in [0.1, 0.15) is 5.75 Å². The summed E-state index contributed by atoms with van der Waals surface area (Å²) in [7, 11) is 0. The van der Waals surface area contributed by atoms with Gasteiger partial charge in [0.2, 0.25) is 5.91 Å². The molecule has 1 aromatic carbocycles. The lowest BCUT2D eigenvalue weighted by atomic mass is 10.3. The highest BCUT2D eigenvalue weighted by Crippen LogP contribution is 2.24. The highest BCUT2D eigenvalue weighted by molar-refractivity contribution is 8.00. The molecular weight excluding hydrogens is 266 g/mol. The lowest BCUT2D eigenvalue weighted by Gasteiger charge is -2.11. The molecule has 1 aromatic rings. The van der Waals surface area contributed by atoms with Crippen molar-refractivity contribution in [3.05, 3.63) is 24.3 Å². The first-order valence-electron chi connectivity index (χ1n) is 5.94. The average Bonchev–Trinajstić information content (AvgIpc) is 2.37. The first-order chi connectivity index (χ1) is 9.13. The number of amides is 1.